The number of nitrogens with zero attached hydrogens (tertiary/aromatic N) is 1. The van der Waals surface area contributed by atoms with Gasteiger partial charge in [-0.25, -0.2) is 0 Å². The van der Waals surface area contributed by atoms with Gasteiger partial charge in [-0.3, -0.25) is 0 Å². The molecule has 0 radical (unpaired) electrons. The zero-order chi connectivity index (χ0) is 12.1. The van der Waals surface area contributed by atoms with E-state index in [1.54, 1.807) is 0 Å². The molecule has 2 atom stereocenters. The lowest BCUT2D eigenvalue weighted by Gasteiger charge is -2.06. The molecule has 2 rings (SSSR count). The molecule has 1 heteroatoms. The zero-order valence-corrected chi connectivity index (χ0v) is 10.1. The summed E-state index contributed by atoms with van der Waals surface area (Å²) >= 11 is 0. The number of benzene rings is 1. The lowest BCUT2D eigenvalue weighted by Crippen LogP contribution is -2.05. The highest BCUT2D eigenvalue weighted by Crippen LogP contribution is 2.54. The fourth-order valence-corrected chi connectivity index (χ4v) is 2.19. The highest BCUT2D eigenvalue weighted by Gasteiger charge is 2.54. The molecule has 0 saturated heterocycles. The van der Waals surface area contributed by atoms with Gasteiger partial charge in [-0.2, -0.15) is 5.26 Å². The van der Waals surface area contributed by atoms with E-state index >= 15 is 0 Å². The Bertz CT molecular complexity index is 464. The largest absolute Gasteiger partial charge is 0.197 e. The summed E-state index contributed by atoms with van der Waals surface area (Å²) in [4.78, 5) is 0. The molecule has 1 aromatic carbocycles. The molecular formula is C16H17N. The molecule has 1 saturated carbocycles. The third-order valence-electron chi connectivity index (χ3n) is 3.33. The number of hydrogen-bond acceptors (Lipinski definition) is 1. The molecular weight excluding hydrogens is 206 g/mol. The Morgan fingerprint density at radius 2 is 2.12 bits per heavy atom. The van der Waals surface area contributed by atoms with E-state index in [2.05, 4.69) is 49.4 Å². The van der Waals surface area contributed by atoms with Crippen LogP contribution in [0.1, 0.15) is 25.3 Å². The molecule has 0 bridgehead atoms. The van der Waals surface area contributed by atoms with Crippen LogP contribution in [0.2, 0.25) is 0 Å². The quantitative estimate of drug-likeness (QED) is 0.708. The predicted octanol–water partition coefficient (Wildman–Crippen LogP) is 3.99. The first kappa shape index (κ1) is 11.7. The van der Waals surface area contributed by atoms with Crippen LogP contribution >= 0.6 is 0 Å². The van der Waals surface area contributed by atoms with E-state index < -0.39 is 0 Å². The Morgan fingerprint density at radius 3 is 2.76 bits per heavy atom. The zero-order valence-electron chi connectivity index (χ0n) is 10.1. The standard InChI is InChI=1S/C16H17N/c1-2-3-4-6-11-15-12-16(15,13-17)14-9-7-5-8-10-14/h3-11,15H,2,12H2,1H3. The summed E-state index contributed by atoms with van der Waals surface area (Å²) in [6.07, 6.45) is 10.4. The van der Waals surface area contributed by atoms with Crippen molar-refractivity contribution in [1.29, 1.82) is 5.26 Å². The fraction of sp³-hybridized carbons (Fsp3) is 0.312. The summed E-state index contributed by atoms with van der Waals surface area (Å²) < 4.78 is 0. The SMILES string of the molecule is CCC=CC=CC1CC1(C#N)c1ccccc1. The van der Waals surface area contributed by atoms with E-state index in [1.165, 1.54) is 0 Å². The Balaban J connectivity index is 2.10. The van der Waals surface area contributed by atoms with Crippen LogP contribution in [0.5, 0.6) is 0 Å². The van der Waals surface area contributed by atoms with Gasteiger partial charge in [0, 0.05) is 5.92 Å². The maximum absolute atomic E-state index is 9.38. The molecule has 86 valence electrons. The summed E-state index contributed by atoms with van der Waals surface area (Å²) in [7, 11) is 0. The third kappa shape index (κ3) is 2.31. The molecule has 0 amide bonds. The average Bonchev–Trinajstić information content (AvgIpc) is 3.11. The molecule has 0 aliphatic heterocycles. The highest BCUT2D eigenvalue weighted by molar-refractivity contribution is 5.43. The van der Waals surface area contributed by atoms with E-state index in [0.717, 1.165) is 18.4 Å². The molecule has 1 aromatic rings. The van der Waals surface area contributed by atoms with E-state index in [-0.39, 0.29) is 5.41 Å². The van der Waals surface area contributed by atoms with Crippen LogP contribution in [-0.4, -0.2) is 0 Å². The van der Waals surface area contributed by atoms with Crippen molar-refractivity contribution in [3.63, 3.8) is 0 Å². The normalized spacial score (nSPS) is 27.4. The predicted molar refractivity (Wildman–Crippen MR) is 70.4 cm³/mol. The number of rotatable bonds is 4. The van der Waals surface area contributed by atoms with Crippen LogP contribution in [0.4, 0.5) is 0 Å². The van der Waals surface area contributed by atoms with Gasteiger partial charge in [-0.05, 0) is 18.4 Å². The van der Waals surface area contributed by atoms with Crippen LogP contribution in [0, 0.1) is 17.2 Å². The van der Waals surface area contributed by atoms with Gasteiger partial charge in [-0.1, -0.05) is 61.6 Å². The molecule has 1 aliphatic carbocycles. The molecule has 2 unspecified atom stereocenters. The minimum absolute atomic E-state index is 0.266. The van der Waals surface area contributed by atoms with Crippen molar-refractivity contribution in [2.24, 2.45) is 5.92 Å². The van der Waals surface area contributed by atoms with Gasteiger partial charge in [0.25, 0.3) is 0 Å². The van der Waals surface area contributed by atoms with Crippen molar-refractivity contribution in [3.05, 3.63) is 60.2 Å². The van der Waals surface area contributed by atoms with E-state index in [9.17, 15) is 5.26 Å². The Labute approximate surface area is 103 Å². The van der Waals surface area contributed by atoms with Gasteiger partial charge in [-0.15, -0.1) is 0 Å². The van der Waals surface area contributed by atoms with Crippen molar-refractivity contribution in [2.75, 3.05) is 0 Å². The molecule has 17 heavy (non-hydrogen) atoms. The summed E-state index contributed by atoms with van der Waals surface area (Å²) in [6, 6.07) is 12.6. The second-order valence-electron chi connectivity index (χ2n) is 4.48. The molecule has 0 spiro atoms. The van der Waals surface area contributed by atoms with Crippen LogP contribution in [-0.2, 0) is 5.41 Å². The van der Waals surface area contributed by atoms with E-state index in [1.807, 2.05) is 18.2 Å². The van der Waals surface area contributed by atoms with Crippen LogP contribution in [0.3, 0.4) is 0 Å². The van der Waals surface area contributed by atoms with Crippen molar-refractivity contribution < 1.29 is 0 Å². The lowest BCUT2D eigenvalue weighted by molar-refractivity contribution is 0.842. The van der Waals surface area contributed by atoms with Gasteiger partial charge >= 0.3 is 0 Å². The third-order valence-corrected chi connectivity index (χ3v) is 3.33. The number of allylic oxidation sites excluding steroid dienone is 4. The Kier molecular flexibility index (Phi) is 3.44. The maximum Gasteiger partial charge on any atom is 0.0891 e. The van der Waals surface area contributed by atoms with Crippen molar-refractivity contribution in [2.45, 2.75) is 25.2 Å². The summed E-state index contributed by atoms with van der Waals surface area (Å²) in [5.41, 5.74) is 0.884. The summed E-state index contributed by atoms with van der Waals surface area (Å²) in [6.45, 7) is 2.12. The van der Waals surface area contributed by atoms with E-state index in [0.29, 0.717) is 5.92 Å². The average molecular weight is 223 g/mol. The van der Waals surface area contributed by atoms with Gasteiger partial charge in [0.1, 0.15) is 0 Å². The minimum Gasteiger partial charge on any atom is -0.197 e. The first-order chi connectivity index (χ1) is 8.33. The second kappa shape index (κ2) is 5.01. The van der Waals surface area contributed by atoms with E-state index in [4.69, 9.17) is 0 Å². The molecule has 0 heterocycles. The number of hydrogen-bond donors (Lipinski definition) is 0. The highest BCUT2D eigenvalue weighted by atomic mass is 14.6. The van der Waals surface area contributed by atoms with Crippen molar-refractivity contribution in [3.8, 4) is 6.07 Å². The van der Waals surface area contributed by atoms with Crippen molar-refractivity contribution in [1.82, 2.24) is 0 Å². The smallest absolute Gasteiger partial charge is 0.0891 e. The minimum atomic E-state index is -0.266. The van der Waals surface area contributed by atoms with Gasteiger partial charge in [0.15, 0.2) is 0 Å². The molecule has 1 aliphatic rings. The second-order valence-corrected chi connectivity index (χ2v) is 4.48. The Hall–Kier alpha value is -1.81. The molecule has 1 nitrogen and oxygen atoms in total. The lowest BCUT2D eigenvalue weighted by atomic mass is 9.95. The summed E-state index contributed by atoms with van der Waals surface area (Å²) in [5, 5.41) is 9.38. The van der Waals surface area contributed by atoms with Gasteiger partial charge in [0.05, 0.1) is 11.5 Å². The first-order valence-corrected chi connectivity index (χ1v) is 6.13. The molecule has 0 N–H and O–H groups in total. The Morgan fingerprint density at radius 1 is 1.35 bits per heavy atom. The molecule has 0 aromatic heterocycles. The van der Waals surface area contributed by atoms with Crippen LogP contribution in [0.25, 0.3) is 0 Å². The molecule has 1 fully saturated rings. The fourth-order valence-electron chi connectivity index (χ4n) is 2.19. The van der Waals surface area contributed by atoms with Gasteiger partial charge < -0.3 is 0 Å². The summed E-state index contributed by atoms with van der Waals surface area (Å²) in [5.74, 6) is 0.372. The maximum atomic E-state index is 9.38. The monoisotopic (exact) mass is 223 g/mol. The van der Waals surface area contributed by atoms with Crippen LogP contribution < -0.4 is 0 Å². The van der Waals surface area contributed by atoms with Gasteiger partial charge in [0.2, 0.25) is 0 Å². The number of nitriles is 1. The topological polar surface area (TPSA) is 23.8 Å². The van der Waals surface area contributed by atoms with Crippen molar-refractivity contribution >= 4 is 0 Å². The van der Waals surface area contributed by atoms with Crippen LogP contribution in [0.15, 0.2) is 54.6 Å². The first-order valence-electron chi connectivity index (χ1n) is 6.13.